The Labute approximate surface area is 105 Å². The topological polar surface area (TPSA) is 58.2 Å². The maximum atomic E-state index is 11.6. The zero-order valence-electron chi connectivity index (χ0n) is 8.84. The van der Waals surface area contributed by atoms with E-state index in [1.807, 2.05) is 0 Å². The summed E-state index contributed by atoms with van der Waals surface area (Å²) in [5.74, 6) is 0. The summed E-state index contributed by atoms with van der Waals surface area (Å²) in [5.41, 5.74) is 0.683. The first-order chi connectivity index (χ1) is 7.42. The number of halogens is 2. The Bertz CT molecular complexity index is 489. The van der Waals surface area contributed by atoms with Crippen LogP contribution in [-0.2, 0) is 16.6 Å². The molecule has 0 aliphatic carbocycles. The van der Waals surface area contributed by atoms with Gasteiger partial charge in [0.15, 0.2) is 0 Å². The molecule has 0 saturated carbocycles. The van der Waals surface area contributed by atoms with Gasteiger partial charge in [-0.2, -0.15) is 0 Å². The second kappa shape index (κ2) is 5.33. The molecule has 0 aliphatic heterocycles. The molecular weight excluding hydrogens is 271 g/mol. The van der Waals surface area contributed by atoms with Gasteiger partial charge in [0.05, 0.1) is 5.02 Å². The van der Waals surface area contributed by atoms with Gasteiger partial charge in [0.2, 0.25) is 10.0 Å². The Morgan fingerprint density at radius 2 is 1.81 bits per heavy atom. The van der Waals surface area contributed by atoms with Gasteiger partial charge >= 0.3 is 0 Å². The molecule has 0 amide bonds. The first-order valence-electron chi connectivity index (χ1n) is 4.48. The molecule has 0 spiro atoms. The highest BCUT2D eigenvalue weighted by atomic mass is 35.5. The van der Waals surface area contributed by atoms with Gasteiger partial charge in [-0.1, -0.05) is 23.2 Å². The van der Waals surface area contributed by atoms with Crippen LogP contribution in [0.2, 0.25) is 10.0 Å². The minimum atomic E-state index is -3.55. The molecule has 0 aromatic heterocycles. The van der Waals surface area contributed by atoms with E-state index in [0.29, 0.717) is 17.1 Å². The van der Waals surface area contributed by atoms with E-state index in [-0.39, 0.29) is 9.92 Å². The normalized spacial score (nSPS) is 11.8. The predicted octanol–water partition coefficient (Wildman–Crippen LogP) is 1.62. The van der Waals surface area contributed by atoms with Crippen LogP contribution in [0.1, 0.15) is 5.56 Å². The standard InChI is InChI=1S/C9H12Cl2N2O2S/c1-12-5-6-3-9(16(14,15)13-2)8(11)4-7(6)10/h3-4,12-13H,5H2,1-2H3. The van der Waals surface area contributed by atoms with E-state index in [1.165, 1.54) is 19.2 Å². The van der Waals surface area contributed by atoms with Gasteiger partial charge in [-0.25, -0.2) is 13.1 Å². The minimum absolute atomic E-state index is 0.0336. The van der Waals surface area contributed by atoms with E-state index in [1.54, 1.807) is 7.05 Å². The fraction of sp³-hybridized carbons (Fsp3) is 0.333. The molecule has 7 heteroatoms. The Balaban J connectivity index is 3.36. The molecule has 0 unspecified atom stereocenters. The number of hydrogen-bond donors (Lipinski definition) is 2. The summed E-state index contributed by atoms with van der Waals surface area (Å²) < 4.78 is 25.5. The lowest BCUT2D eigenvalue weighted by molar-refractivity contribution is 0.588. The van der Waals surface area contributed by atoms with E-state index in [9.17, 15) is 8.42 Å². The lowest BCUT2D eigenvalue weighted by atomic mass is 10.2. The number of rotatable bonds is 4. The van der Waals surface area contributed by atoms with Crippen LogP contribution in [0.15, 0.2) is 17.0 Å². The van der Waals surface area contributed by atoms with Crippen LogP contribution in [0.25, 0.3) is 0 Å². The second-order valence-corrected chi connectivity index (χ2v) is 5.78. The van der Waals surface area contributed by atoms with Crippen molar-refractivity contribution in [1.29, 1.82) is 0 Å². The van der Waals surface area contributed by atoms with Gasteiger partial charge in [-0.3, -0.25) is 0 Å². The Morgan fingerprint density at radius 3 is 2.31 bits per heavy atom. The number of sulfonamides is 1. The smallest absolute Gasteiger partial charge is 0.241 e. The second-order valence-electron chi connectivity index (χ2n) is 3.11. The molecule has 2 N–H and O–H groups in total. The van der Waals surface area contributed by atoms with Crippen LogP contribution in [-0.4, -0.2) is 22.5 Å². The van der Waals surface area contributed by atoms with Crippen molar-refractivity contribution in [2.24, 2.45) is 0 Å². The third-order valence-electron chi connectivity index (χ3n) is 2.03. The van der Waals surface area contributed by atoms with E-state index < -0.39 is 10.0 Å². The van der Waals surface area contributed by atoms with Gasteiger partial charge in [-0.05, 0) is 31.8 Å². The van der Waals surface area contributed by atoms with Crippen molar-refractivity contribution >= 4 is 33.2 Å². The largest absolute Gasteiger partial charge is 0.316 e. The van der Waals surface area contributed by atoms with Gasteiger partial charge < -0.3 is 5.32 Å². The molecule has 90 valence electrons. The monoisotopic (exact) mass is 282 g/mol. The zero-order chi connectivity index (χ0) is 12.3. The van der Waals surface area contributed by atoms with Crippen LogP contribution in [0.5, 0.6) is 0 Å². The van der Waals surface area contributed by atoms with E-state index in [0.717, 1.165) is 0 Å². The molecule has 0 atom stereocenters. The van der Waals surface area contributed by atoms with Crippen LogP contribution >= 0.6 is 23.2 Å². The van der Waals surface area contributed by atoms with E-state index >= 15 is 0 Å². The van der Waals surface area contributed by atoms with Crippen molar-refractivity contribution in [3.8, 4) is 0 Å². The molecule has 1 aromatic carbocycles. The SMILES string of the molecule is CNCc1cc(S(=O)(=O)NC)c(Cl)cc1Cl. The summed E-state index contributed by atoms with van der Waals surface area (Å²) in [4.78, 5) is 0.0336. The summed E-state index contributed by atoms with van der Waals surface area (Å²) >= 11 is 11.8. The third-order valence-corrected chi connectivity index (χ3v) is 4.26. The summed E-state index contributed by atoms with van der Waals surface area (Å²) in [6.07, 6.45) is 0. The van der Waals surface area contributed by atoms with Gasteiger partial charge in [-0.15, -0.1) is 0 Å². The van der Waals surface area contributed by atoms with Crippen molar-refractivity contribution in [3.63, 3.8) is 0 Å². The molecule has 4 nitrogen and oxygen atoms in total. The average molecular weight is 283 g/mol. The van der Waals surface area contributed by atoms with Crippen LogP contribution in [0.4, 0.5) is 0 Å². The summed E-state index contributed by atoms with van der Waals surface area (Å²) in [6, 6.07) is 2.90. The quantitative estimate of drug-likeness (QED) is 0.882. The molecule has 0 heterocycles. The Hall–Kier alpha value is -0.330. The predicted molar refractivity (Wildman–Crippen MR) is 65.5 cm³/mol. The molecule has 0 bridgehead atoms. The van der Waals surface area contributed by atoms with Crippen molar-refractivity contribution in [1.82, 2.24) is 10.0 Å². The van der Waals surface area contributed by atoms with Crippen LogP contribution in [0.3, 0.4) is 0 Å². The molecule has 0 saturated heterocycles. The van der Waals surface area contributed by atoms with Gasteiger partial charge in [0.1, 0.15) is 4.90 Å². The van der Waals surface area contributed by atoms with E-state index in [2.05, 4.69) is 10.0 Å². The first-order valence-corrected chi connectivity index (χ1v) is 6.72. The first kappa shape index (κ1) is 13.7. The summed E-state index contributed by atoms with van der Waals surface area (Å²) in [6.45, 7) is 0.474. The lowest BCUT2D eigenvalue weighted by Gasteiger charge is -2.09. The highest BCUT2D eigenvalue weighted by molar-refractivity contribution is 7.89. The van der Waals surface area contributed by atoms with Crippen LogP contribution < -0.4 is 10.0 Å². The molecule has 1 rings (SSSR count). The highest BCUT2D eigenvalue weighted by Crippen LogP contribution is 2.28. The van der Waals surface area contributed by atoms with Gasteiger partial charge in [0.25, 0.3) is 0 Å². The number of nitrogens with one attached hydrogen (secondary N) is 2. The minimum Gasteiger partial charge on any atom is -0.316 e. The summed E-state index contributed by atoms with van der Waals surface area (Å²) in [7, 11) is -0.476. The molecule has 1 aromatic rings. The zero-order valence-corrected chi connectivity index (χ0v) is 11.2. The lowest BCUT2D eigenvalue weighted by Crippen LogP contribution is -2.19. The van der Waals surface area contributed by atoms with Crippen molar-refractivity contribution < 1.29 is 8.42 Å². The highest BCUT2D eigenvalue weighted by Gasteiger charge is 2.18. The van der Waals surface area contributed by atoms with Crippen LogP contribution in [0, 0.1) is 0 Å². The fourth-order valence-corrected chi connectivity index (χ4v) is 2.80. The molecule has 16 heavy (non-hydrogen) atoms. The fourth-order valence-electron chi connectivity index (χ4n) is 1.21. The average Bonchev–Trinajstić information content (AvgIpc) is 2.22. The molecule has 0 fully saturated rings. The van der Waals surface area contributed by atoms with Crippen molar-refractivity contribution in [2.45, 2.75) is 11.4 Å². The molecule has 0 aliphatic rings. The molecular formula is C9H12Cl2N2O2S. The van der Waals surface area contributed by atoms with Crippen molar-refractivity contribution in [2.75, 3.05) is 14.1 Å². The summed E-state index contributed by atoms with van der Waals surface area (Å²) in [5, 5.41) is 3.45. The Morgan fingerprint density at radius 1 is 1.19 bits per heavy atom. The number of benzene rings is 1. The van der Waals surface area contributed by atoms with E-state index in [4.69, 9.17) is 23.2 Å². The molecule has 0 radical (unpaired) electrons. The van der Waals surface area contributed by atoms with Gasteiger partial charge in [0, 0.05) is 11.6 Å². The van der Waals surface area contributed by atoms with Crippen molar-refractivity contribution in [3.05, 3.63) is 27.7 Å². The Kier molecular flexibility index (Phi) is 4.58. The number of hydrogen-bond acceptors (Lipinski definition) is 3. The third kappa shape index (κ3) is 2.87. The maximum absolute atomic E-state index is 11.6. The maximum Gasteiger partial charge on any atom is 0.241 e.